The fourth-order valence-electron chi connectivity index (χ4n) is 2.81. The zero-order chi connectivity index (χ0) is 16.9. The van der Waals surface area contributed by atoms with Crippen LogP contribution in [-0.4, -0.2) is 53.2 Å². The van der Waals surface area contributed by atoms with Gasteiger partial charge in [0, 0.05) is 19.2 Å². The second-order valence-electron chi connectivity index (χ2n) is 5.56. The molecule has 3 rings (SSSR count). The molecule has 24 heavy (non-hydrogen) atoms. The third-order valence-corrected chi connectivity index (χ3v) is 4.17. The molecule has 1 aliphatic heterocycles. The van der Waals surface area contributed by atoms with E-state index in [-0.39, 0.29) is 12.1 Å². The first-order chi connectivity index (χ1) is 11.7. The molecular formula is C16H21N5O3. The molecule has 2 heterocycles. The van der Waals surface area contributed by atoms with E-state index in [4.69, 9.17) is 9.47 Å². The summed E-state index contributed by atoms with van der Waals surface area (Å²) in [6, 6.07) is 5.42. The van der Waals surface area contributed by atoms with Crippen molar-refractivity contribution in [1.29, 1.82) is 0 Å². The van der Waals surface area contributed by atoms with Crippen LogP contribution in [0, 0.1) is 0 Å². The number of hydrogen-bond donors (Lipinski definition) is 1. The number of nitrogens with one attached hydrogen (secondary N) is 1. The van der Waals surface area contributed by atoms with E-state index in [0.29, 0.717) is 30.3 Å². The lowest BCUT2D eigenvalue weighted by molar-refractivity contribution is 0.175. The maximum atomic E-state index is 12.5. The monoisotopic (exact) mass is 331 g/mol. The highest BCUT2D eigenvalue weighted by Gasteiger charge is 2.25. The molecule has 1 aromatic heterocycles. The normalized spacial score (nSPS) is 15.2. The molecule has 1 saturated heterocycles. The lowest BCUT2D eigenvalue weighted by atomic mass is 10.1. The van der Waals surface area contributed by atoms with E-state index in [1.807, 2.05) is 0 Å². The molecule has 1 N–H and O–H groups in total. The Morgan fingerprint density at radius 1 is 1.17 bits per heavy atom. The number of amides is 2. The van der Waals surface area contributed by atoms with Crippen molar-refractivity contribution >= 4 is 11.7 Å². The zero-order valence-corrected chi connectivity index (χ0v) is 13.8. The van der Waals surface area contributed by atoms with E-state index < -0.39 is 0 Å². The lowest BCUT2D eigenvalue weighted by Crippen LogP contribution is -2.41. The van der Waals surface area contributed by atoms with Crippen LogP contribution in [0.2, 0.25) is 0 Å². The van der Waals surface area contributed by atoms with Gasteiger partial charge in [0.2, 0.25) is 0 Å². The molecule has 0 saturated carbocycles. The molecule has 0 aliphatic carbocycles. The molecule has 0 atom stereocenters. The van der Waals surface area contributed by atoms with Gasteiger partial charge in [0.1, 0.15) is 11.5 Å². The maximum absolute atomic E-state index is 12.5. The highest BCUT2D eigenvalue weighted by atomic mass is 16.5. The second-order valence-corrected chi connectivity index (χ2v) is 5.56. The zero-order valence-electron chi connectivity index (χ0n) is 13.8. The van der Waals surface area contributed by atoms with E-state index in [0.717, 1.165) is 12.8 Å². The van der Waals surface area contributed by atoms with Crippen molar-refractivity contribution in [2.24, 2.45) is 0 Å². The molecule has 1 aliphatic rings. The Balaban J connectivity index is 1.60. The summed E-state index contributed by atoms with van der Waals surface area (Å²) in [5.74, 6) is 1.25. The van der Waals surface area contributed by atoms with Crippen LogP contribution in [0.5, 0.6) is 11.5 Å². The van der Waals surface area contributed by atoms with Gasteiger partial charge in [0.25, 0.3) is 0 Å². The van der Waals surface area contributed by atoms with Crippen molar-refractivity contribution in [2.45, 2.75) is 18.9 Å². The average Bonchev–Trinajstić information content (AvgIpc) is 3.16. The minimum atomic E-state index is -0.134. The lowest BCUT2D eigenvalue weighted by Gasteiger charge is -2.31. The standard InChI is InChI=1S/C16H21N5O3/c1-23-13-3-4-14(15(11-13)24-2)19-16(22)20-9-5-12(6-10-20)21-17-7-8-18-21/h3-4,7-8,11-12H,5-6,9-10H2,1-2H3,(H,19,22). The number of likely N-dealkylation sites (tertiary alicyclic amines) is 1. The summed E-state index contributed by atoms with van der Waals surface area (Å²) >= 11 is 0. The summed E-state index contributed by atoms with van der Waals surface area (Å²) in [6.07, 6.45) is 5.02. The molecule has 8 nitrogen and oxygen atoms in total. The summed E-state index contributed by atoms with van der Waals surface area (Å²) in [5, 5.41) is 11.2. The number of piperidine rings is 1. The van der Waals surface area contributed by atoms with Gasteiger partial charge in [0.05, 0.1) is 38.3 Å². The first kappa shape index (κ1) is 16.1. The topological polar surface area (TPSA) is 81.5 Å². The molecule has 128 valence electrons. The summed E-state index contributed by atoms with van der Waals surface area (Å²) in [4.78, 5) is 16.0. The third kappa shape index (κ3) is 3.42. The molecule has 2 aromatic rings. The van der Waals surface area contributed by atoms with Gasteiger partial charge in [-0.15, -0.1) is 0 Å². The summed E-state index contributed by atoms with van der Waals surface area (Å²) in [6.45, 7) is 1.33. The first-order valence-corrected chi connectivity index (χ1v) is 7.85. The number of rotatable bonds is 4. The highest BCUT2D eigenvalue weighted by Crippen LogP contribution is 2.29. The minimum absolute atomic E-state index is 0.134. The number of carbonyl (C=O) groups is 1. The van der Waals surface area contributed by atoms with Crippen LogP contribution in [0.4, 0.5) is 10.5 Å². The fraction of sp³-hybridized carbons (Fsp3) is 0.438. The highest BCUT2D eigenvalue weighted by molar-refractivity contribution is 5.91. The predicted octanol–water partition coefficient (Wildman–Crippen LogP) is 2.16. The van der Waals surface area contributed by atoms with Crippen molar-refractivity contribution < 1.29 is 14.3 Å². The van der Waals surface area contributed by atoms with E-state index in [2.05, 4.69) is 15.5 Å². The molecule has 0 spiro atoms. The van der Waals surface area contributed by atoms with Crippen LogP contribution in [0.3, 0.4) is 0 Å². The first-order valence-electron chi connectivity index (χ1n) is 7.85. The Labute approximate surface area is 140 Å². The summed E-state index contributed by atoms with van der Waals surface area (Å²) in [7, 11) is 3.15. The van der Waals surface area contributed by atoms with E-state index in [1.165, 1.54) is 0 Å². The Morgan fingerprint density at radius 3 is 2.50 bits per heavy atom. The number of anilines is 1. The van der Waals surface area contributed by atoms with Crippen molar-refractivity contribution in [3.63, 3.8) is 0 Å². The van der Waals surface area contributed by atoms with Crippen LogP contribution in [0.25, 0.3) is 0 Å². The number of urea groups is 1. The second kappa shape index (κ2) is 7.20. The molecule has 0 radical (unpaired) electrons. The maximum Gasteiger partial charge on any atom is 0.321 e. The number of aromatic nitrogens is 3. The minimum Gasteiger partial charge on any atom is -0.497 e. The molecule has 1 aromatic carbocycles. The van der Waals surface area contributed by atoms with Gasteiger partial charge < -0.3 is 19.7 Å². The molecular weight excluding hydrogens is 310 g/mol. The van der Waals surface area contributed by atoms with E-state index in [9.17, 15) is 4.79 Å². The SMILES string of the molecule is COc1ccc(NC(=O)N2CCC(n3nccn3)CC2)c(OC)c1. The smallest absolute Gasteiger partial charge is 0.321 e. The summed E-state index contributed by atoms with van der Waals surface area (Å²) in [5.41, 5.74) is 0.624. The molecule has 2 amide bonds. The van der Waals surface area contributed by atoms with E-state index >= 15 is 0 Å². The van der Waals surface area contributed by atoms with Gasteiger partial charge in [-0.1, -0.05) is 0 Å². The molecule has 0 unspecified atom stereocenters. The number of methoxy groups -OCH3 is 2. The molecule has 0 bridgehead atoms. The average molecular weight is 331 g/mol. The van der Waals surface area contributed by atoms with Crippen molar-refractivity contribution in [3.8, 4) is 11.5 Å². The number of ether oxygens (including phenoxy) is 2. The quantitative estimate of drug-likeness (QED) is 0.928. The predicted molar refractivity (Wildman–Crippen MR) is 88.4 cm³/mol. The number of hydrogen-bond acceptors (Lipinski definition) is 5. The molecule has 1 fully saturated rings. The molecule has 8 heteroatoms. The number of benzene rings is 1. The van der Waals surface area contributed by atoms with Crippen LogP contribution < -0.4 is 14.8 Å². The Kier molecular flexibility index (Phi) is 4.83. The van der Waals surface area contributed by atoms with Gasteiger partial charge in [-0.25, -0.2) is 4.79 Å². The third-order valence-electron chi connectivity index (χ3n) is 4.17. The van der Waals surface area contributed by atoms with Gasteiger partial charge in [-0.3, -0.25) is 0 Å². The Morgan fingerprint density at radius 2 is 1.88 bits per heavy atom. The van der Waals surface area contributed by atoms with Crippen LogP contribution in [0.15, 0.2) is 30.6 Å². The van der Waals surface area contributed by atoms with Crippen molar-refractivity contribution in [3.05, 3.63) is 30.6 Å². The van der Waals surface area contributed by atoms with Gasteiger partial charge in [-0.05, 0) is 25.0 Å². The number of carbonyl (C=O) groups excluding carboxylic acids is 1. The van der Waals surface area contributed by atoms with Crippen molar-refractivity contribution in [1.82, 2.24) is 19.9 Å². The van der Waals surface area contributed by atoms with Gasteiger partial charge in [0.15, 0.2) is 0 Å². The Hall–Kier alpha value is -2.77. The largest absolute Gasteiger partial charge is 0.497 e. The fourth-order valence-corrected chi connectivity index (χ4v) is 2.81. The Bertz CT molecular complexity index is 681. The van der Waals surface area contributed by atoms with Crippen LogP contribution in [-0.2, 0) is 0 Å². The van der Waals surface area contributed by atoms with Gasteiger partial charge >= 0.3 is 6.03 Å². The van der Waals surface area contributed by atoms with Crippen LogP contribution >= 0.6 is 0 Å². The summed E-state index contributed by atoms with van der Waals surface area (Å²) < 4.78 is 10.5. The number of nitrogens with zero attached hydrogens (tertiary/aromatic N) is 4. The van der Waals surface area contributed by atoms with Gasteiger partial charge in [-0.2, -0.15) is 15.0 Å². The van der Waals surface area contributed by atoms with Crippen LogP contribution in [0.1, 0.15) is 18.9 Å². The van der Waals surface area contributed by atoms with E-state index in [1.54, 1.807) is 54.5 Å². The van der Waals surface area contributed by atoms with Crippen molar-refractivity contribution in [2.75, 3.05) is 32.6 Å².